The summed E-state index contributed by atoms with van der Waals surface area (Å²) in [6.45, 7) is 3.42. The summed E-state index contributed by atoms with van der Waals surface area (Å²) in [7, 11) is 0. The Labute approximate surface area is 208 Å². The highest BCUT2D eigenvalue weighted by atomic mass is 32.2. The standard InChI is InChI=1S/C23H22N4O6S2/c1-10-15(18(23(31)32)27-17(10)16(11(2)28)20(27)30)14-8-25-9-26(22(34-3)21(25)35-14)19(29)12-4-6-13(24-33)7-5-12/h4-11,16-17,24,28H,1-3H3,(H,31,32)/t10-,11+,16+,17+/m0/s1. The number of imidazole rings is 1. The molecule has 0 radical (unpaired) electrons. The number of aromatic nitrogens is 2. The summed E-state index contributed by atoms with van der Waals surface area (Å²) in [6.07, 6.45) is 4.39. The van der Waals surface area contributed by atoms with Crippen LogP contribution in [0.2, 0.25) is 0 Å². The monoisotopic (exact) mass is 514 g/mol. The third-order valence-corrected chi connectivity index (χ3v) is 8.69. The summed E-state index contributed by atoms with van der Waals surface area (Å²) in [4.78, 5) is 40.7. The molecule has 5 rings (SSSR count). The van der Waals surface area contributed by atoms with Crippen molar-refractivity contribution in [1.29, 1.82) is 0 Å². The predicted molar refractivity (Wildman–Crippen MR) is 130 cm³/mol. The van der Waals surface area contributed by atoms with Gasteiger partial charge in [-0.1, -0.05) is 30.0 Å². The van der Waals surface area contributed by atoms with Gasteiger partial charge in [0.15, 0.2) is 0 Å². The Morgan fingerprint density at radius 2 is 1.97 bits per heavy atom. The quantitative estimate of drug-likeness (QED) is 0.197. The third-order valence-electron chi connectivity index (χ3n) is 6.64. The van der Waals surface area contributed by atoms with Gasteiger partial charge in [-0.05, 0) is 37.4 Å². The normalized spacial score (nSPS) is 22.4. The Hall–Kier alpha value is -3.19. The molecule has 0 unspecified atom stereocenters. The SMILES string of the molecule is CSc1c2sc(C3=C(C(=O)O)N4C(=O)[C@H]([C@@H](C)O)[C@H]4[C@H]3C)c[n+]2cn1C(=O)c1ccc(N[O-])cc1. The number of aliphatic hydroxyl groups is 1. The van der Waals surface area contributed by atoms with Crippen molar-refractivity contribution in [3.63, 3.8) is 0 Å². The molecule has 10 nitrogen and oxygen atoms in total. The van der Waals surface area contributed by atoms with Crippen LogP contribution < -0.4 is 9.88 Å². The number of rotatable bonds is 6. The molecule has 0 saturated carbocycles. The van der Waals surface area contributed by atoms with Crippen molar-refractivity contribution in [2.75, 3.05) is 11.7 Å². The highest BCUT2D eigenvalue weighted by Crippen LogP contribution is 2.51. The van der Waals surface area contributed by atoms with E-state index in [-0.39, 0.29) is 23.4 Å². The average Bonchev–Trinajstić information content (AvgIpc) is 3.45. The fourth-order valence-corrected chi connectivity index (χ4v) is 7.20. The first kappa shape index (κ1) is 23.5. The van der Waals surface area contributed by atoms with E-state index in [1.807, 2.05) is 13.2 Å². The van der Waals surface area contributed by atoms with Gasteiger partial charge in [-0.3, -0.25) is 4.79 Å². The molecule has 0 bridgehead atoms. The first-order chi connectivity index (χ1) is 16.7. The van der Waals surface area contributed by atoms with Gasteiger partial charge < -0.3 is 25.8 Å². The molecule has 4 atom stereocenters. The topological polar surface area (TPSA) is 139 Å². The number of carboxylic acids is 1. The zero-order valence-corrected chi connectivity index (χ0v) is 20.6. The van der Waals surface area contributed by atoms with Crippen LogP contribution in [0.25, 0.3) is 10.4 Å². The lowest BCUT2D eigenvalue weighted by atomic mass is 9.77. The number of amides is 1. The van der Waals surface area contributed by atoms with Crippen LogP contribution in [-0.2, 0) is 9.59 Å². The highest BCUT2D eigenvalue weighted by molar-refractivity contribution is 7.98. The molecule has 1 saturated heterocycles. The summed E-state index contributed by atoms with van der Waals surface area (Å²) >= 11 is 2.73. The molecule has 1 aromatic carbocycles. The van der Waals surface area contributed by atoms with Gasteiger partial charge in [-0.25, -0.2) is 9.59 Å². The van der Waals surface area contributed by atoms with Gasteiger partial charge in [-0.15, -0.1) is 0 Å². The number of anilines is 1. The first-order valence-electron chi connectivity index (χ1n) is 10.8. The van der Waals surface area contributed by atoms with E-state index in [1.165, 1.54) is 44.7 Å². The molecule has 182 valence electrons. The molecule has 2 aromatic heterocycles. The molecule has 3 aromatic rings. The summed E-state index contributed by atoms with van der Waals surface area (Å²) in [6, 6.07) is 5.80. The molecule has 2 aliphatic rings. The number of carboxylic acid groups (broad SMARTS) is 1. The number of hydrogen-bond donors (Lipinski definition) is 3. The number of aliphatic carboxylic acids is 1. The van der Waals surface area contributed by atoms with Gasteiger partial charge in [0.1, 0.15) is 11.9 Å². The number of aliphatic hydroxyl groups excluding tert-OH is 1. The summed E-state index contributed by atoms with van der Waals surface area (Å²) < 4.78 is 3.30. The molecule has 2 aliphatic heterocycles. The van der Waals surface area contributed by atoms with E-state index in [0.717, 1.165) is 4.83 Å². The lowest BCUT2D eigenvalue weighted by Gasteiger charge is -2.46. The van der Waals surface area contributed by atoms with Crippen molar-refractivity contribution in [3.05, 3.63) is 58.1 Å². The van der Waals surface area contributed by atoms with E-state index in [2.05, 4.69) is 0 Å². The Balaban J connectivity index is 1.57. The Morgan fingerprint density at radius 3 is 2.54 bits per heavy atom. The first-order valence-corrected chi connectivity index (χ1v) is 12.9. The lowest BCUT2D eigenvalue weighted by Crippen LogP contribution is -2.63. The number of benzene rings is 1. The second-order valence-electron chi connectivity index (χ2n) is 8.61. The van der Waals surface area contributed by atoms with Gasteiger partial charge in [-0.2, -0.15) is 8.97 Å². The number of β-lactam (4-membered cyclic amide) rings is 1. The molecule has 1 amide bonds. The van der Waals surface area contributed by atoms with Crippen LogP contribution in [0, 0.1) is 17.0 Å². The van der Waals surface area contributed by atoms with E-state index in [9.17, 15) is 29.8 Å². The molecule has 0 aliphatic carbocycles. The van der Waals surface area contributed by atoms with Crippen LogP contribution in [0.4, 0.5) is 5.69 Å². The third kappa shape index (κ3) is 3.39. The molecule has 0 spiro atoms. The van der Waals surface area contributed by atoms with Gasteiger partial charge in [0.2, 0.25) is 15.8 Å². The summed E-state index contributed by atoms with van der Waals surface area (Å²) in [5.41, 5.74) is 3.06. The van der Waals surface area contributed by atoms with Crippen molar-refractivity contribution in [1.82, 2.24) is 9.47 Å². The van der Waals surface area contributed by atoms with Crippen LogP contribution in [-0.4, -0.2) is 55.9 Å². The maximum atomic E-state index is 13.1. The van der Waals surface area contributed by atoms with Crippen molar-refractivity contribution in [2.24, 2.45) is 11.8 Å². The van der Waals surface area contributed by atoms with Crippen LogP contribution >= 0.6 is 23.1 Å². The van der Waals surface area contributed by atoms with Crippen LogP contribution in [0.15, 0.2) is 47.5 Å². The molecule has 1 fully saturated rings. The number of fused-ring (bicyclic) bond motifs is 2. The van der Waals surface area contributed by atoms with Crippen molar-refractivity contribution < 1.29 is 29.0 Å². The van der Waals surface area contributed by atoms with Crippen LogP contribution in [0.1, 0.15) is 29.1 Å². The molecular weight excluding hydrogens is 492 g/mol. The fourth-order valence-electron chi connectivity index (χ4n) is 5.06. The van der Waals surface area contributed by atoms with Crippen molar-refractivity contribution >= 4 is 57.0 Å². The summed E-state index contributed by atoms with van der Waals surface area (Å²) in [5.74, 6) is -2.73. The zero-order chi connectivity index (χ0) is 25.2. The minimum Gasteiger partial charge on any atom is -0.761 e. The van der Waals surface area contributed by atoms with E-state index in [0.29, 0.717) is 26.7 Å². The zero-order valence-electron chi connectivity index (χ0n) is 19.0. The minimum atomic E-state index is -1.18. The number of nitrogens with one attached hydrogen (secondary N) is 1. The van der Waals surface area contributed by atoms with Gasteiger partial charge in [0.05, 0.1) is 28.5 Å². The number of hydrogen-bond acceptors (Lipinski definition) is 8. The Kier molecular flexibility index (Phi) is 5.71. The predicted octanol–water partition coefficient (Wildman–Crippen LogP) is 2.26. The largest absolute Gasteiger partial charge is 0.761 e. The smallest absolute Gasteiger partial charge is 0.352 e. The fraction of sp³-hybridized carbons (Fsp3) is 0.304. The van der Waals surface area contributed by atoms with Crippen LogP contribution in [0.5, 0.6) is 0 Å². The summed E-state index contributed by atoms with van der Waals surface area (Å²) in [5, 5.41) is 31.5. The lowest BCUT2D eigenvalue weighted by molar-refractivity contribution is -0.507. The molecular formula is C23H22N4O6S2. The molecule has 35 heavy (non-hydrogen) atoms. The van der Waals surface area contributed by atoms with E-state index in [1.54, 1.807) is 41.5 Å². The molecule has 4 heterocycles. The highest BCUT2D eigenvalue weighted by Gasteiger charge is 2.60. The molecule has 12 heteroatoms. The molecule has 3 N–H and O–H groups in total. The number of nitrogens with zero attached hydrogens (tertiary/aromatic N) is 3. The number of thiazole rings is 1. The van der Waals surface area contributed by atoms with Gasteiger partial charge >= 0.3 is 11.9 Å². The average molecular weight is 515 g/mol. The Morgan fingerprint density at radius 1 is 1.29 bits per heavy atom. The number of carbonyl (C=O) groups is 3. The Bertz CT molecular complexity index is 1410. The van der Waals surface area contributed by atoms with Gasteiger partial charge in [0.25, 0.3) is 6.33 Å². The second kappa shape index (κ2) is 8.48. The maximum Gasteiger partial charge on any atom is 0.352 e. The van der Waals surface area contributed by atoms with E-state index in [4.69, 9.17) is 0 Å². The van der Waals surface area contributed by atoms with Crippen molar-refractivity contribution in [3.8, 4) is 0 Å². The van der Waals surface area contributed by atoms with E-state index < -0.39 is 24.0 Å². The van der Waals surface area contributed by atoms with E-state index >= 15 is 0 Å². The van der Waals surface area contributed by atoms with Gasteiger partial charge in [0, 0.05) is 17.2 Å². The van der Waals surface area contributed by atoms with Crippen molar-refractivity contribution in [2.45, 2.75) is 31.0 Å². The number of carbonyl (C=O) groups excluding carboxylic acids is 2. The number of thioether (sulfide) groups is 1. The minimum absolute atomic E-state index is 0.0457. The maximum absolute atomic E-state index is 13.1. The van der Waals surface area contributed by atoms with Crippen LogP contribution in [0.3, 0.4) is 0 Å². The second-order valence-corrected chi connectivity index (χ2v) is 10.4.